The van der Waals surface area contributed by atoms with Gasteiger partial charge in [-0.05, 0) is 36.4 Å². The summed E-state index contributed by atoms with van der Waals surface area (Å²) in [6, 6.07) is 13.2. The Morgan fingerprint density at radius 3 is 2.46 bits per heavy atom. The Morgan fingerprint density at radius 2 is 1.73 bits per heavy atom. The van der Waals surface area contributed by atoms with E-state index in [2.05, 4.69) is 10.4 Å². The molecule has 0 saturated heterocycles. The fourth-order valence-electron chi connectivity index (χ4n) is 2.77. The first-order valence-electron chi connectivity index (χ1n) is 7.87. The van der Waals surface area contributed by atoms with E-state index in [4.69, 9.17) is 0 Å². The summed E-state index contributed by atoms with van der Waals surface area (Å²) in [5, 5.41) is 9.34. The maximum atomic E-state index is 14.2. The van der Waals surface area contributed by atoms with Crippen molar-refractivity contribution in [3.63, 3.8) is 0 Å². The summed E-state index contributed by atoms with van der Waals surface area (Å²) in [6.07, 6.45) is 3.40. The highest BCUT2D eigenvalue weighted by Crippen LogP contribution is 2.32. The lowest BCUT2D eigenvalue weighted by molar-refractivity contribution is -0.116. The molecule has 2 aliphatic heterocycles. The van der Waals surface area contributed by atoms with Crippen LogP contribution in [0.2, 0.25) is 0 Å². The average Bonchev–Trinajstić information content (AvgIpc) is 2.64. The summed E-state index contributed by atoms with van der Waals surface area (Å²) in [7, 11) is 0. The van der Waals surface area contributed by atoms with Gasteiger partial charge in [-0.2, -0.15) is 5.10 Å². The second kappa shape index (κ2) is 6.76. The molecule has 4 rings (SSSR count). The Kier molecular flexibility index (Phi) is 4.30. The molecule has 2 aromatic carbocycles. The molecule has 0 spiro atoms. The van der Waals surface area contributed by atoms with E-state index < -0.39 is 17.5 Å². The molecule has 0 saturated carbocycles. The van der Waals surface area contributed by atoms with Crippen molar-refractivity contribution in [2.45, 2.75) is 4.90 Å². The number of rotatable bonds is 2. The monoisotopic (exact) mass is 369 g/mol. The van der Waals surface area contributed by atoms with Gasteiger partial charge >= 0.3 is 0 Å². The minimum absolute atomic E-state index is 0.0596. The minimum Gasteiger partial charge on any atom is -0.333 e. The van der Waals surface area contributed by atoms with E-state index in [1.54, 1.807) is 12.2 Å². The number of benzene rings is 2. The van der Waals surface area contributed by atoms with Gasteiger partial charge in [0, 0.05) is 4.90 Å². The predicted molar refractivity (Wildman–Crippen MR) is 97.0 cm³/mol. The van der Waals surface area contributed by atoms with Gasteiger partial charge in [0.05, 0.1) is 16.8 Å². The van der Waals surface area contributed by atoms with Crippen LogP contribution in [-0.2, 0) is 4.79 Å². The van der Waals surface area contributed by atoms with Crippen LogP contribution in [0.4, 0.5) is 8.78 Å². The topological polar surface area (TPSA) is 44.7 Å². The van der Waals surface area contributed by atoms with Gasteiger partial charge in [0.1, 0.15) is 23.3 Å². The standard InChI is InChI=1S/C19H13F2N3OS/c20-13-7-4-8-14(21)17(13)18-15-9-10-16(23-24(15)11-22-19(18)25)26-12-5-2-1-3-6-12/h1-10H,11H2,(H,22,25). The number of hydrogen-bond acceptors (Lipinski definition) is 4. The van der Waals surface area contributed by atoms with E-state index in [-0.39, 0.29) is 17.8 Å². The molecule has 7 heteroatoms. The lowest BCUT2D eigenvalue weighted by Gasteiger charge is -2.31. The highest BCUT2D eigenvalue weighted by molar-refractivity contribution is 8.14. The molecule has 26 heavy (non-hydrogen) atoms. The molecule has 2 aliphatic rings. The zero-order chi connectivity index (χ0) is 18.1. The molecule has 1 amide bonds. The molecule has 1 N–H and O–H groups in total. The van der Waals surface area contributed by atoms with Crippen LogP contribution in [0.5, 0.6) is 0 Å². The Balaban J connectivity index is 1.73. The van der Waals surface area contributed by atoms with E-state index in [0.717, 1.165) is 17.0 Å². The van der Waals surface area contributed by atoms with Gasteiger partial charge in [-0.15, -0.1) is 0 Å². The zero-order valence-corrected chi connectivity index (χ0v) is 14.3. The first kappa shape index (κ1) is 16.5. The summed E-state index contributed by atoms with van der Waals surface area (Å²) < 4.78 is 28.4. The second-order valence-electron chi connectivity index (χ2n) is 5.61. The van der Waals surface area contributed by atoms with E-state index in [0.29, 0.717) is 10.7 Å². The van der Waals surface area contributed by atoms with E-state index in [1.807, 2.05) is 30.3 Å². The van der Waals surface area contributed by atoms with Crippen LogP contribution < -0.4 is 5.32 Å². The second-order valence-corrected chi connectivity index (χ2v) is 6.70. The zero-order valence-electron chi connectivity index (χ0n) is 13.4. The number of carbonyl (C=O) groups is 1. The number of nitrogens with zero attached hydrogens (tertiary/aromatic N) is 2. The SMILES string of the molecule is O=C1NCN2N=C(Sc3ccccc3)C=CC2=C1c1c(F)cccc1F. The molecule has 0 radical (unpaired) electrons. The summed E-state index contributed by atoms with van der Waals surface area (Å²) in [6.45, 7) is 0.136. The van der Waals surface area contributed by atoms with Crippen molar-refractivity contribution in [3.8, 4) is 0 Å². The number of nitrogens with one attached hydrogen (secondary N) is 1. The van der Waals surface area contributed by atoms with Crippen LogP contribution in [0.1, 0.15) is 5.56 Å². The summed E-state index contributed by atoms with van der Waals surface area (Å²) in [5.41, 5.74) is -0.0329. The first-order chi connectivity index (χ1) is 12.6. The van der Waals surface area contributed by atoms with Crippen LogP contribution in [0.15, 0.2) is 76.4 Å². The molecule has 2 aromatic rings. The fourth-order valence-corrected chi connectivity index (χ4v) is 3.58. The van der Waals surface area contributed by atoms with Crippen molar-refractivity contribution in [2.24, 2.45) is 5.10 Å². The number of halogens is 2. The molecular formula is C19H13F2N3OS. The normalized spacial score (nSPS) is 16.3. The molecule has 0 bridgehead atoms. The third-order valence-electron chi connectivity index (χ3n) is 3.93. The highest BCUT2D eigenvalue weighted by Gasteiger charge is 2.31. The number of allylic oxidation sites excluding steroid dienone is 1. The van der Waals surface area contributed by atoms with Gasteiger partial charge in [-0.3, -0.25) is 4.79 Å². The van der Waals surface area contributed by atoms with Crippen molar-refractivity contribution in [1.29, 1.82) is 0 Å². The van der Waals surface area contributed by atoms with Gasteiger partial charge < -0.3 is 5.32 Å². The Bertz CT molecular complexity index is 950. The van der Waals surface area contributed by atoms with Crippen molar-refractivity contribution in [2.75, 3.05) is 6.67 Å². The quantitative estimate of drug-likeness (QED) is 0.877. The third kappa shape index (κ3) is 3.01. The molecule has 0 unspecified atom stereocenters. The number of fused-ring (bicyclic) bond motifs is 1. The predicted octanol–water partition coefficient (Wildman–Crippen LogP) is 3.74. The Hall–Kier alpha value is -2.93. The Morgan fingerprint density at radius 1 is 1.00 bits per heavy atom. The molecular weight excluding hydrogens is 356 g/mol. The first-order valence-corrected chi connectivity index (χ1v) is 8.69. The number of amides is 1. The smallest absolute Gasteiger partial charge is 0.255 e. The van der Waals surface area contributed by atoms with Crippen LogP contribution in [0, 0.1) is 11.6 Å². The largest absolute Gasteiger partial charge is 0.333 e. The van der Waals surface area contributed by atoms with Crippen molar-refractivity contribution < 1.29 is 13.6 Å². The third-order valence-corrected chi connectivity index (χ3v) is 4.87. The molecule has 130 valence electrons. The molecule has 2 heterocycles. The van der Waals surface area contributed by atoms with Crippen molar-refractivity contribution in [3.05, 3.63) is 83.6 Å². The lowest BCUT2D eigenvalue weighted by Crippen LogP contribution is -2.42. The molecule has 0 aromatic heterocycles. The number of hydrogen-bond donors (Lipinski definition) is 1. The van der Waals surface area contributed by atoms with Gasteiger partial charge in [-0.1, -0.05) is 36.0 Å². The van der Waals surface area contributed by atoms with Gasteiger partial charge in [0.25, 0.3) is 5.91 Å². The highest BCUT2D eigenvalue weighted by atomic mass is 32.2. The summed E-state index contributed by atoms with van der Waals surface area (Å²) in [5.74, 6) is -2.10. The average molecular weight is 369 g/mol. The van der Waals surface area contributed by atoms with Crippen molar-refractivity contribution >= 4 is 28.3 Å². The lowest BCUT2D eigenvalue weighted by atomic mass is 9.99. The van der Waals surface area contributed by atoms with Crippen LogP contribution in [0.3, 0.4) is 0 Å². The molecule has 0 atom stereocenters. The van der Waals surface area contributed by atoms with Crippen LogP contribution >= 0.6 is 11.8 Å². The minimum atomic E-state index is -0.786. The van der Waals surface area contributed by atoms with Crippen LogP contribution in [0.25, 0.3) is 5.57 Å². The summed E-state index contributed by atoms with van der Waals surface area (Å²) >= 11 is 1.46. The van der Waals surface area contributed by atoms with Crippen molar-refractivity contribution in [1.82, 2.24) is 10.3 Å². The Labute approximate surface area is 152 Å². The number of thioether (sulfide) groups is 1. The van der Waals surface area contributed by atoms with E-state index >= 15 is 0 Å². The van der Waals surface area contributed by atoms with Gasteiger partial charge in [0.15, 0.2) is 0 Å². The van der Waals surface area contributed by atoms with Crippen LogP contribution in [-0.4, -0.2) is 22.6 Å². The van der Waals surface area contributed by atoms with E-state index in [9.17, 15) is 13.6 Å². The number of carbonyl (C=O) groups excluding carboxylic acids is 1. The molecule has 0 fully saturated rings. The molecule has 0 aliphatic carbocycles. The number of hydrazone groups is 1. The fraction of sp³-hybridized carbons (Fsp3) is 0.0526. The molecule has 4 nitrogen and oxygen atoms in total. The summed E-state index contributed by atoms with van der Waals surface area (Å²) in [4.78, 5) is 13.3. The van der Waals surface area contributed by atoms with E-state index in [1.165, 1.54) is 22.8 Å². The van der Waals surface area contributed by atoms with Gasteiger partial charge in [0.2, 0.25) is 0 Å². The maximum Gasteiger partial charge on any atom is 0.255 e. The van der Waals surface area contributed by atoms with Gasteiger partial charge in [-0.25, -0.2) is 13.8 Å². The maximum absolute atomic E-state index is 14.2.